The van der Waals surface area contributed by atoms with Crippen molar-refractivity contribution in [3.8, 4) is 11.3 Å². The first kappa shape index (κ1) is 16.6. The predicted molar refractivity (Wildman–Crippen MR) is 106 cm³/mol. The number of hydrogen-bond acceptors (Lipinski definition) is 6. The van der Waals surface area contributed by atoms with E-state index < -0.39 is 0 Å². The van der Waals surface area contributed by atoms with E-state index in [4.69, 9.17) is 14.1 Å². The number of aryl methyl sites for hydroxylation is 1. The molecule has 5 rings (SSSR count). The summed E-state index contributed by atoms with van der Waals surface area (Å²) in [4.78, 5) is 22.7. The Labute approximate surface area is 159 Å². The summed E-state index contributed by atoms with van der Waals surface area (Å²) in [5, 5.41) is 0.969. The van der Waals surface area contributed by atoms with Crippen LogP contribution >= 0.6 is 11.3 Å². The molecule has 0 atom stereocenters. The van der Waals surface area contributed by atoms with Crippen molar-refractivity contribution in [1.29, 1.82) is 0 Å². The normalized spacial score (nSPS) is 16.0. The van der Waals surface area contributed by atoms with Crippen LogP contribution in [-0.2, 0) is 17.8 Å². The molecule has 0 spiro atoms. The molecule has 4 aromatic rings. The Hall–Kier alpha value is -2.57. The van der Waals surface area contributed by atoms with Crippen molar-refractivity contribution in [2.24, 2.45) is 0 Å². The Morgan fingerprint density at radius 2 is 1.89 bits per heavy atom. The lowest BCUT2D eigenvalue weighted by atomic mass is 9.88. The fourth-order valence-electron chi connectivity index (χ4n) is 3.76. The first-order valence-corrected chi connectivity index (χ1v) is 9.70. The number of ether oxygens (including phenoxy) is 1. The Kier molecular flexibility index (Phi) is 3.51. The van der Waals surface area contributed by atoms with Crippen molar-refractivity contribution in [2.45, 2.75) is 39.4 Å². The van der Waals surface area contributed by atoms with Gasteiger partial charge in [0.15, 0.2) is 5.89 Å². The molecule has 0 unspecified atom stereocenters. The van der Waals surface area contributed by atoms with Gasteiger partial charge in [-0.3, -0.25) is 0 Å². The van der Waals surface area contributed by atoms with Crippen LogP contribution < -0.4 is 5.63 Å². The van der Waals surface area contributed by atoms with Gasteiger partial charge in [-0.25, -0.2) is 14.8 Å². The fourth-order valence-corrected chi connectivity index (χ4v) is 4.78. The zero-order chi connectivity index (χ0) is 18.8. The molecule has 0 bridgehead atoms. The van der Waals surface area contributed by atoms with Gasteiger partial charge in [0.1, 0.15) is 15.0 Å². The molecular weight excluding hydrogens is 360 g/mol. The lowest BCUT2D eigenvalue weighted by Crippen LogP contribution is -2.32. The van der Waals surface area contributed by atoms with E-state index in [2.05, 4.69) is 31.0 Å². The Morgan fingerprint density at radius 3 is 2.67 bits per heavy atom. The molecule has 0 saturated heterocycles. The Balaban J connectivity index is 1.94. The highest BCUT2D eigenvalue weighted by molar-refractivity contribution is 7.25. The molecule has 1 aliphatic heterocycles. The fraction of sp³-hybridized carbons (Fsp3) is 0.286. The van der Waals surface area contributed by atoms with Crippen molar-refractivity contribution in [2.75, 3.05) is 0 Å². The molecule has 0 amide bonds. The van der Waals surface area contributed by atoms with Gasteiger partial charge >= 0.3 is 5.63 Å². The van der Waals surface area contributed by atoms with E-state index in [-0.39, 0.29) is 11.2 Å². The second-order valence-corrected chi connectivity index (χ2v) is 8.49. The van der Waals surface area contributed by atoms with Crippen LogP contribution in [0.4, 0.5) is 0 Å². The van der Waals surface area contributed by atoms with E-state index in [1.165, 1.54) is 16.9 Å². The smallest absolute Gasteiger partial charge is 0.357 e. The number of rotatable bonds is 1. The molecule has 27 heavy (non-hydrogen) atoms. The van der Waals surface area contributed by atoms with Crippen molar-refractivity contribution < 1.29 is 9.15 Å². The highest BCUT2D eigenvalue weighted by Gasteiger charge is 2.32. The van der Waals surface area contributed by atoms with Crippen LogP contribution in [0, 0.1) is 6.92 Å². The van der Waals surface area contributed by atoms with Gasteiger partial charge < -0.3 is 9.15 Å². The van der Waals surface area contributed by atoms with Gasteiger partial charge in [0, 0.05) is 29.9 Å². The van der Waals surface area contributed by atoms with E-state index >= 15 is 0 Å². The molecule has 0 N–H and O–H groups in total. The lowest BCUT2D eigenvalue weighted by Gasteiger charge is -2.33. The molecule has 0 saturated carbocycles. The van der Waals surface area contributed by atoms with Crippen LogP contribution in [-0.4, -0.2) is 15.6 Å². The topological polar surface area (TPSA) is 65.2 Å². The summed E-state index contributed by atoms with van der Waals surface area (Å²) in [7, 11) is 0. The number of benzene rings is 1. The lowest BCUT2D eigenvalue weighted by molar-refractivity contribution is -0.0394. The monoisotopic (exact) mass is 378 g/mol. The van der Waals surface area contributed by atoms with Crippen molar-refractivity contribution >= 4 is 31.8 Å². The number of pyridine rings is 1. The molecule has 0 radical (unpaired) electrons. The van der Waals surface area contributed by atoms with Crippen molar-refractivity contribution in [3.63, 3.8) is 0 Å². The maximum Gasteiger partial charge on any atom is 0.357 e. The molecule has 0 fully saturated rings. The van der Waals surface area contributed by atoms with Gasteiger partial charge in [-0.2, -0.15) is 0 Å². The van der Waals surface area contributed by atoms with Crippen LogP contribution in [0.5, 0.6) is 0 Å². The summed E-state index contributed by atoms with van der Waals surface area (Å²) >= 11 is 1.36. The minimum Gasteiger partial charge on any atom is -0.408 e. The maximum atomic E-state index is 12.4. The third kappa shape index (κ3) is 2.59. The molecule has 1 aromatic carbocycles. The zero-order valence-corrected chi connectivity index (χ0v) is 16.1. The van der Waals surface area contributed by atoms with Crippen LogP contribution in [0.3, 0.4) is 0 Å². The van der Waals surface area contributed by atoms with E-state index in [1.807, 2.05) is 18.2 Å². The maximum absolute atomic E-state index is 12.4. The van der Waals surface area contributed by atoms with E-state index in [0.717, 1.165) is 33.5 Å². The van der Waals surface area contributed by atoms with E-state index in [0.29, 0.717) is 22.7 Å². The Bertz CT molecular complexity index is 1260. The van der Waals surface area contributed by atoms with E-state index in [9.17, 15) is 4.79 Å². The van der Waals surface area contributed by atoms with Gasteiger partial charge in [-0.1, -0.05) is 30.3 Å². The molecule has 3 aromatic heterocycles. The van der Waals surface area contributed by atoms with Crippen LogP contribution in [0.25, 0.3) is 31.7 Å². The van der Waals surface area contributed by atoms with Gasteiger partial charge in [0.2, 0.25) is 0 Å². The summed E-state index contributed by atoms with van der Waals surface area (Å²) < 4.78 is 11.8. The van der Waals surface area contributed by atoms with Crippen LogP contribution in [0.1, 0.15) is 30.9 Å². The van der Waals surface area contributed by atoms with Crippen LogP contribution in [0.2, 0.25) is 0 Å². The van der Waals surface area contributed by atoms with Crippen LogP contribution in [0.15, 0.2) is 39.5 Å². The molecule has 0 aliphatic carbocycles. The van der Waals surface area contributed by atoms with Gasteiger partial charge in [0.25, 0.3) is 0 Å². The molecule has 6 heteroatoms. The third-order valence-corrected chi connectivity index (χ3v) is 6.03. The quantitative estimate of drug-likeness (QED) is 0.483. The summed E-state index contributed by atoms with van der Waals surface area (Å²) in [5.41, 5.74) is 4.30. The highest BCUT2D eigenvalue weighted by atomic mass is 32.1. The molecule has 136 valence electrons. The van der Waals surface area contributed by atoms with Gasteiger partial charge in [-0.15, -0.1) is 11.3 Å². The number of hydrogen-bond donors (Lipinski definition) is 0. The van der Waals surface area contributed by atoms with E-state index in [1.54, 1.807) is 6.92 Å². The number of aromatic nitrogens is 2. The first-order chi connectivity index (χ1) is 12.9. The predicted octanol–water partition coefficient (Wildman–Crippen LogP) is 4.62. The SMILES string of the molecule is Cc1nc2c(sc3nc(-c4ccccc4)c4c(c32)CC(C)(C)OC4)c(=O)o1. The van der Waals surface area contributed by atoms with Gasteiger partial charge in [-0.05, 0) is 19.4 Å². The van der Waals surface area contributed by atoms with Crippen molar-refractivity contribution in [1.82, 2.24) is 9.97 Å². The molecular formula is C21H18N2O3S. The average Bonchev–Trinajstić information content (AvgIpc) is 3.00. The Morgan fingerprint density at radius 1 is 1.11 bits per heavy atom. The number of fused-ring (bicyclic) bond motifs is 5. The average molecular weight is 378 g/mol. The molecule has 1 aliphatic rings. The standard InChI is InChI=1S/C21H18N2O3S/c1-11-22-17-15-13-9-21(2,3)25-10-14(13)16(12-7-5-4-6-8-12)23-19(15)27-18(17)20(24)26-11/h4-8H,9-10H2,1-3H3. The highest BCUT2D eigenvalue weighted by Crippen LogP contribution is 2.42. The third-order valence-electron chi connectivity index (χ3n) is 4.98. The zero-order valence-electron chi connectivity index (χ0n) is 15.3. The second-order valence-electron chi connectivity index (χ2n) is 7.49. The largest absolute Gasteiger partial charge is 0.408 e. The summed E-state index contributed by atoms with van der Waals surface area (Å²) in [6, 6.07) is 10.1. The second kappa shape index (κ2) is 5.71. The molecule has 5 nitrogen and oxygen atoms in total. The summed E-state index contributed by atoms with van der Waals surface area (Å²) in [6.45, 7) is 6.38. The molecule has 4 heterocycles. The number of thiophene rings is 1. The summed E-state index contributed by atoms with van der Waals surface area (Å²) in [5.74, 6) is 0.374. The van der Waals surface area contributed by atoms with Crippen molar-refractivity contribution in [3.05, 3.63) is 57.8 Å². The summed E-state index contributed by atoms with van der Waals surface area (Å²) in [6.07, 6.45) is 0.744. The first-order valence-electron chi connectivity index (χ1n) is 8.88. The minimum atomic E-state index is -0.346. The van der Waals surface area contributed by atoms with Gasteiger partial charge in [0.05, 0.1) is 17.9 Å². The number of nitrogens with zero attached hydrogens (tertiary/aromatic N) is 2. The minimum absolute atomic E-state index is 0.280.